The van der Waals surface area contributed by atoms with Crippen molar-refractivity contribution in [1.82, 2.24) is 9.88 Å². The van der Waals surface area contributed by atoms with E-state index in [4.69, 9.17) is 0 Å². The summed E-state index contributed by atoms with van der Waals surface area (Å²) in [4.78, 5) is 29.8. The highest BCUT2D eigenvalue weighted by atomic mass is 19.1. The van der Waals surface area contributed by atoms with E-state index in [-0.39, 0.29) is 28.9 Å². The second kappa shape index (κ2) is 7.23. The molecule has 0 spiro atoms. The van der Waals surface area contributed by atoms with E-state index in [1.807, 2.05) is 24.3 Å². The van der Waals surface area contributed by atoms with Gasteiger partial charge in [-0.3, -0.25) is 9.59 Å². The van der Waals surface area contributed by atoms with Crippen LogP contribution in [0, 0.1) is 5.82 Å². The Hall–Kier alpha value is -3.15. The van der Waals surface area contributed by atoms with Crippen LogP contribution in [0.4, 0.5) is 10.1 Å². The highest BCUT2D eigenvalue weighted by molar-refractivity contribution is 5.97. The first kappa shape index (κ1) is 17.3. The van der Waals surface area contributed by atoms with E-state index in [9.17, 15) is 14.0 Å². The fourth-order valence-electron chi connectivity index (χ4n) is 3.57. The number of halogens is 1. The molecule has 5 nitrogen and oxygen atoms in total. The molecule has 1 aliphatic heterocycles. The van der Waals surface area contributed by atoms with Gasteiger partial charge >= 0.3 is 0 Å². The molecule has 4 rings (SSSR count). The van der Waals surface area contributed by atoms with Crippen LogP contribution in [0.15, 0.2) is 59.4 Å². The number of amides is 1. The largest absolute Gasteiger partial charge is 0.380 e. The molecule has 0 aliphatic carbocycles. The van der Waals surface area contributed by atoms with Gasteiger partial charge in [0.2, 0.25) is 0 Å². The van der Waals surface area contributed by atoms with E-state index in [0.29, 0.717) is 24.3 Å². The number of piperidine rings is 1. The number of benzene rings is 2. The summed E-state index contributed by atoms with van der Waals surface area (Å²) in [5, 5.41) is 4.11. The number of likely N-dealkylation sites (tertiary alicyclic amines) is 1. The Morgan fingerprint density at radius 1 is 1.15 bits per heavy atom. The number of pyridine rings is 1. The van der Waals surface area contributed by atoms with Gasteiger partial charge in [0.15, 0.2) is 0 Å². The molecule has 0 saturated carbocycles. The van der Waals surface area contributed by atoms with E-state index in [2.05, 4.69) is 10.3 Å². The number of nitrogens with zero attached hydrogens (tertiary/aromatic N) is 1. The molecule has 1 aliphatic rings. The van der Waals surface area contributed by atoms with Gasteiger partial charge in [-0.1, -0.05) is 24.3 Å². The fraction of sp³-hybridized carbons (Fsp3) is 0.238. The van der Waals surface area contributed by atoms with Gasteiger partial charge in [-0.2, -0.15) is 0 Å². The molecule has 2 heterocycles. The molecule has 2 N–H and O–H groups in total. The summed E-state index contributed by atoms with van der Waals surface area (Å²) >= 11 is 0. The Morgan fingerprint density at radius 2 is 2.00 bits per heavy atom. The summed E-state index contributed by atoms with van der Waals surface area (Å²) in [5.41, 5.74) is 1.18. The lowest BCUT2D eigenvalue weighted by Crippen LogP contribution is -2.46. The van der Waals surface area contributed by atoms with Crippen LogP contribution in [0.1, 0.15) is 23.2 Å². The summed E-state index contributed by atoms with van der Waals surface area (Å²) in [6.07, 6.45) is 1.71. The first-order valence-corrected chi connectivity index (χ1v) is 9.03. The maximum Gasteiger partial charge on any atom is 0.261 e. The zero-order chi connectivity index (χ0) is 18.8. The third-order valence-corrected chi connectivity index (χ3v) is 4.89. The molecule has 6 heteroatoms. The van der Waals surface area contributed by atoms with Gasteiger partial charge in [-0.15, -0.1) is 0 Å². The molecule has 138 valence electrons. The van der Waals surface area contributed by atoms with E-state index >= 15 is 0 Å². The molecule has 0 bridgehead atoms. The van der Waals surface area contributed by atoms with Crippen LogP contribution >= 0.6 is 0 Å². The molecule has 1 saturated heterocycles. The lowest BCUT2D eigenvalue weighted by molar-refractivity contribution is 0.0713. The summed E-state index contributed by atoms with van der Waals surface area (Å²) in [5.74, 6) is -0.570. The first-order valence-electron chi connectivity index (χ1n) is 9.03. The molecule has 1 amide bonds. The molecular weight excluding hydrogens is 345 g/mol. The van der Waals surface area contributed by atoms with Crippen LogP contribution in [-0.2, 0) is 0 Å². The van der Waals surface area contributed by atoms with Crippen molar-refractivity contribution in [3.8, 4) is 0 Å². The van der Waals surface area contributed by atoms with Crippen LogP contribution in [0.25, 0.3) is 10.9 Å². The Bertz CT molecular complexity index is 1050. The van der Waals surface area contributed by atoms with Crippen molar-refractivity contribution in [3.63, 3.8) is 0 Å². The molecule has 1 atom stereocenters. The number of hydrogen-bond acceptors (Lipinski definition) is 3. The van der Waals surface area contributed by atoms with Crippen LogP contribution in [0.2, 0.25) is 0 Å². The number of aromatic amines is 1. The van der Waals surface area contributed by atoms with Crippen molar-refractivity contribution < 1.29 is 9.18 Å². The molecule has 0 unspecified atom stereocenters. The summed E-state index contributed by atoms with van der Waals surface area (Å²) < 4.78 is 13.4. The second-order valence-electron chi connectivity index (χ2n) is 6.84. The van der Waals surface area contributed by atoms with Gasteiger partial charge < -0.3 is 15.2 Å². The van der Waals surface area contributed by atoms with Crippen molar-refractivity contribution in [2.45, 2.75) is 18.9 Å². The fourth-order valence-corrected chi connectivity index (χ4v) is 3.57. The lowest BCUT2D eigenvalue weighted by atomic mass is 10.0. The zero-order valence-electron chi connectivity index (χ0n) is 14.7. The van der Waals surface area contributed by atoms with E-state index in [1.54, 1.807) is 23.1 Å². The summed E-state index contributed by atoms with van der Waals surface area (Å²) in [6, 6.07) is 15.3. The number of fused-ring (bicyclic) bond motifs is 1. The number of anilines is 1. The Morgan fingerprint density at radius 3 is 2.85 bits per heavy atom. The number of nitrogens with one attached hydrogen (secondary N) is 2. The summed E-state index contributed by atoms with van der Waals surface area (Å²) in [6.45, 7) is 1.08. The normalized spacial score (nSPS) is 17.1. The average Bonchev–Trinajstić information content (AvgIpc) is 2.67. The molecule has 0 radical (unpaired) electrons. The number of carbonyl (C=O) groups is 1. The predicted octanol–water partition coefficient (Wildman–Crippen LogP) is 3.38. The second-order valence-corrected chi connectivity index (χ2v) is 6.84. The predicted molar refractivity (Wildman–Crippen MR) is 104 cm³/mol. The van der Waals surface area contributed by atoms with Crippen molar-refractivity contribution >= 4 is 22.5 Å². The number of rotatable bonds is 3. The third kappa shape index (κ3) is 3.69. The van der Waals surface area contributed by atoms with Gasteiger partial charge in [0.1, 0.15) is 11.4 Å². The topological polar surface area (TPSA) is 65.2 Å². The highest BCUT2D eigenvalue weighted by Crippen LogP contribution is 2.19. The van der Waals surface area contributed by atoms with Gasteiger partial charge in [0, 0.05) is 30.3 Å². The molecule has 3 aromatic rings. The van der Waals surface area contributed by atoms with Gasteiger partial charge in [0.25, 0.3) is 11.5 Å². The minimum absolute atomic E-state index is 0.0176. The molecule has 1 fully saturated rings. The van der Waals surface area contributed by atoms with Crippen LogP contribution < -0.4 is 10.9 Å². The highest BCUT2D eigenvalue weighted by Gasteiger charge is 2.26. The maximum atomic E-state index is 13.4. The van der Waals surface area contributed by atoms with Gasteiger partial charge in [-0.05, 0) is 48.6 Å². The minimum atomic E-state index is -0.376. The molecule has 1 aromatic heterocycles. The maximum absolute atomic E-state index is 13.4. The number of carbonyl (C=O) groups excluding carboxylic acids is 1. The SMILES string of the molecule is O=C(c1cc2ccccc2[nH]c1=O)N1CCC[C@@H](Nc2cccc(F)c2)C1. The molecule has 27 heavy (non-hydrogen) atoms. The number of aromatic nitrogens is 1. The standard InChI is InChI=1S/C21H20FN3O2/c22-15-6-3-7-16(12-15)23-17-8-4-10-25(13-17)21(27)18-11-14-5-1-2-9-19(14)24-20(18)26/h1-3,5-7,9,11-12,17,23H,4,8,10,13H2,(H,24,26)/t17-/m1/s1. The molecular formula is C21H20FN3O2. The zero-order valence-corrected chi connectivity index (χ0v) is 14.7. The molecule has 2 aromatic carbocycles. The minimum Gasteiger partial charge on any atom is -0.380 e. The van der Waals surface area contributed by atoms with Gasteiger partial charge in [0.05, 0.1) is 0 Å². The number of H-pyrrole nitrogens is 1. The quantitative estimate of drug-likeness (QED) is 0.748. The van der Waals surface area contributed by atoms with Crippen molar-refractivity contribution in [2.75, 3.05) is 18.4 Å². The smallest absolute Gasteiger partial charge is 0.261 e. The Balaban J connectivity index is 1.53. The van der Waals surface area contributed by atoms with Crippen molar-refractivity contribution in [2.24, 2.45) is 0 Å². The van der Waals surface area contributed by atoms with E-state index < -0.39 is 0 Å². The Labute approximate surface area is 155 Å². The van der Waals surface area contributed by atoms with Crippen LogP contribution in [0.5, 0.6) is 0 Å². The average molecular weight is 365 g/mol. The van der Waals surface area contributed by atoms with Crippen molar-refractivity contribution in [1.29, 1.82) is 0 Å². The third-order valence-electron chi connectivity index (χ3n) is 4.89. The van der Waals surface area contributed by atoms with Gasteiger partial charge in [-0.25, -0.2) is 4.39 Å². The number of hydrogen-bond donors (Lipinski definition) is 2. The summed E-state index contributed by atoms with van der Waals surface area (Å²) in [7, 11) is 0. The van der Waals surface area contributed by atoms with E-state index in [0.717, 1.165) is 18.2 Å². The van der Waals surface area contributed by atoms with E-state index in [1.165, 1.54) is 12.1 Å². The lowest BCUT2D eigenvalue weighted by Gasteiger charge is -2.33. The van der Waals surface area contributed by atoms with Crippen LogP contribution in [0.3, 0.4) is 0 Å². The monoisotopic (exact) mass is 365 g/mol. The first-order chi connectivity index (χ1) is 13.1. The number of para-hydroxylation sites is 1. The van der Waals surface area contributed by atoms with Crippen molar-refractivity contribution in [3.05, 3.63) is 76.3 Å². The van der Waals surface area contributed by atoms with Crippen LogP contribution in [-0.4, -0.2) is 34.9 Å². The Kier molecular flexibility index (Phi) is 4.62.